The van der Waals surface area contributed by atoms with Gasteiger partial charge in [-0.3, -0.25) is 10.1 Å². The first kappa shape index (κ1) is 10.8. The summed E-state index contributed by atoms with van der Waals surface area (Å²) in [5.74, 6) is 0.671. The SMILES string of the molecule is COC1CC(Nc2ccc([N+](=O)[O-])cn2)C1. The summed E-state index contributed by atoms with van der Waals surface area (Å²) in [6, 6.07) is 3.43. The first-order chi connectivity index (χ1) is 7.69. The number of nitrogens with zero attached hydrogens (tertiary/aromatic N) is 2. The molecule has 16 heavy (non-hydrogen) atoms. The predicted octanol–water partition coefficient (Wildman–Crippen LogP) is 1.58. The van der Waals surface area contributed by atoms with Crippen LogP contribution in [0.3, 0.4) is 0 Å². The zero-order valence-electron chi connectivity index (χ0n) is 8.92. The highest BCUT2D eigenvalue weighted by Gasteiger charge is 2.28. The smallest absolute Gasteiger partial charge is 0.287 e. The van der Waals surface area contributed by atoms with Gasteiger partial charge in [0.25, 0.3) is 5.69 Å². The summed E-state index contributed by atoms with van der Waals surface area (Å²) < 4.78 is 5.15. The topological polar surface area (TPSA) is 77.3 Å². The highest BCUT2D eigenvalue weighted by atomic mass is 16.6. The Balaban J connectivity index is 1.89. The van der Waals surface area contributed by atoms with E-state index in [2.05, 4.69) is 10.3 Å². The van der Waals surface area contributed by atoms with Crippen LogP contribution in [0.1, 0.15) is 12.8 Å². The number of ether oxygens (including phenoxy) is 1. The van der Waals surface area contributed by atoms with E-state index >= 15 is 0 Å². The van der Waals surface area contributed by atoms with Crippen LogP contribution >= 0.6 is 0 Å². The Bertz CT molecular complexity index is 373. The molecule has 1 aliphatic carbocycles. The van der Waals surface area contributed by atoms with E-state index in [0.29, 0.717) is 18.0 Å². The van der Waals surface area contributed by atoms with Crippen LogP contribution in [0.4, 0.5) is 11.5 Å². The molecular weight excluding hydrogens is 210 g/mol. The Morgan fingerprint density at radius 2 is 2.31 bits per heavy atom. The van der Waals surface area contributed by atoms with Gasteiger partial charge in [-0.25, -0.2) is 4.98 Å². The van der Waals surface area contributed by atoms with Crippen LogP contribution in [-0.2, 0) is 4.74 Å². The van der Waals surface area contributed by atoms with Gasteiger partial charge in [0.2, 0.25) is 0 Å². The second-order valence-electron chi connectivity index (χ2n) is 3.83. The van der Waals surface area contributed by atoms with Crippen molar-refractivity contribution in [3.8, 4) is 0 Å². The summed E-state index contributed by atoms with van der Waals surface area (Å²) in [6.45, 7) is 0. The molecule has 0 spiro atoms. The van der Waals surface area contributed by atoms with E-state index in [9.17, 15) is 10.1 Å². The monoisotopic (exact) mass is 223 g/mol. The van der Waals surface area contributed by atoms with Gasteiger partial charge >= 0.3 is 0 Å². The van der Waals surface area contributed by atoms with Gasteiger partial charge < -0.3 is 10.1 Å². The van der Waals surface area contributed by atoms with Crippen LogP contribution in [0.2, 0.25) is 0 Å². The molecule has 2 rings (SSSR count). The third-order valence-electron chi connectivity index (χ3n) is 2.74. The number of nitro groups is 1. The van der Waals surface area contributed by atoms with Crippen LogP contribution in [0.15, 0.2) is 18.3 Å². The van der Waals surface area contributed by atoms with Crippen LogP contribution < -0.4 is 5.32 Å². The number of nitrogens with one attached hydrogen (secondary N) is 1. The first-order valence-electron chi connectivity index (χ1n) is 5.09. The summed E-state index contributed by atoms with van der Waals surface area (Å²) in [4.78, 5) is 13.9. The van der Waals surface area contributed by atoms with Crippen molar-refractivity contribution >= 4 is 11.5 Å². The molecule has 0 bridgehead atoms. The van der Waals surface area contributed by atoms with Crippen LogP contribution in [0, 0.1) is 10.1 Å². The molecule has 6 heteroatoms. The lowest BCUT2D eigenvalue weighted by Gasteiger charge is -2.34. The zero-order valence-corrected chi connectivity index (χ0v) is 8.92. The molecule has 0 unspecified atom stereocenters. The van der Waals surface area contributed by atoms with Crippen molar-refractivity contribution in [1.82, 2.24) is 4.98 Å². The van der Waals surface area contributed by atoms with E-state index in [1.54, 1.807) is 13.2 Å². The van der Waals surface area contributed by atoms with Gasteiger partial charge in [0.15, 0.2) is 0 Å². The molecule has 6 nitrogen and oxygen atoms in total. The minimum Gasteiger partial charge on any atom is -0.381 e. The van der Waals surface area contributed by atoms with E-state index in [4.69, 9.17) is 4.74 Å². The van der Waals surface area contributed by atoms with E-state index in [0.717, 1.165) is 12.8 Å². The minimum atomic E-state index is -0.457. The summed E-state index contributed by atoms with van der Waals surface area (Å²) >= 11 is 0. The predicted molar refractivity (Wildman–Crippen MR) is 58.3 cm³/mol. The molecule has 0 radical (unpaired) electrons. The Kier molecular flexibility index (Phi) is 3.00. The van der Waals surface area contributed by atoms with Crippen molar-refractivity contribution in [3.05, 3.63) is 28.4 Å². The molecule has 86 valence electrons. The normalized spacial score (nSPS) is 23.6. The number of rotatable bonds is 4. The Hall–Kier alpha value is -1.69. The summed E-state index contributed by atoms with van der Waals surface area (Å²) in [5.41, 5.74) is 0.00827. The van der Waals surface area contributed by atoms with Crippen molar-refractivity contribution in [2.45, 2.75) is 25.0 Å². The van der Waals surface area contributed by atoms with Crippen LogP contribution in [0.5, 0.6) is 0 Å². The maximum absolute atomic E-state index is 10.4. The summed E-state index contributed by atoms with van der Waals surface area (Å²) in [5, 5.41) is 13.6. The van der Waals surface area contributed by atoms with E-state index < -0.39 is 4.92 Å². The highest BCUT2D eigenvalue weighted by Crippen LogP contribution is 2.25. The molecule has 1 heterocycles. The quantitative estimate of drug-likeness (QED) is 0.619. The summed E-state index contributed by atoms with van der Waals surface area (Å²) in [6.07, 6.45) is 3.50. The molecular formula is C10H13N3O3. The molecule has 1 N–H and O–H groups in total. The standard InChI is InChI=1S/C10H13N3O3/c1-16-9-4-7(5-9)12-10-3-2-8(6-11-10)13(14)15/h2-3,6-7,9H,4-5H2,1H3,(H,11,12). The number of pyridine rings is 1. The second kappa shape index (κ2) is 4.44. The number of hydrogen-bond acceptors (Lipinski definition) is 5. The lowest BCUT2D eigenvalue weighted by molar-refractivity contribution is -0.385. The highest BCUT2D eigenvalue weighted by molar-refractivity contribution is 5.41. The maximum atomic E-state index is 10.4. The Morgan fingerprint density at radius 3 is 2.81 bits per heavy atom. The molecule has 1 aromatic rings. The third-order valence-corrected chi connectivity index (χ3v) is 2.74. The molecule has 1 fully saturated rings. The molecule has 0 saturated heterocycles. The van der Waals surface area contributed by atoms with Gasteiger partial charge in [-0.15, -0.1) is 0 Å². The average molecular weight is 223 g/mol. The molecule has 1 aromatic heterocycles. The Labute approximate surface area is 92.8 Å². The van der Waals surface area contributed by atoms with Crippen LogP contribution in [0.25, 0.3) is 0 Å². The Morgan fingerprint density at radius 1 is 1.56 bits per heavy atom. The number of hydrogen-bond donors (Lipinski definition) is 1. The van der Waals surface area contributed by atoms with Gasteiger partial charge in [-0.1, -0.05) is 0 Å². The molecule has 0 amide bonds. The van der Waals surface area contributed by atoms with E-state index in [1.165, 1.54) is 12.3 Å². The number of methoxy groups -OCH3 is 1. The molecule has 0 aromatic carbocycles. The number of anilines is 1. The van der Waals surface area contributed by atoms with Gasteiger partial charge in [-0.05, 0) is 18.9 Å². The van der Waals surface area contributed by atoms with Gasteiger partial charge in [-0.2, -0.15) is 0 Å². The fourth-order valence-electron chi connectivity index (χ4n) is 1.66. The van der Waals surface area contributed by atoms with Gasteiger partial charge in [0.05, 0.1) is 11.0 Å². The van der Waals surface area contributed by atoms with Gasteiger partial charge in [0, 0.05) is 19.2 Å². The fourth-order valence-corrected chi connectivity index (χ4v) is 1.66. The molecule has 1 saturated carbocycles. The molecule has 1 aliphatic rings. The second-order valence-corrected chi connectivity index (χ2v) is 3.83. The van der Waals surface area contributed by atoms with Crippen molar-refractivity contribution < 1.29 is 9.66 Å². The van der Waals surface area contributed by atoms with Crippen LogP contribution in [-0.4, -0.2) is 29.2 Å². The lowest BCUT2D eigenvalue weighted by Crippen LogP contribution is -2.40. The lowest BCUT2D eigenvalue weighted by atomic mass is 9.89. The average Bonchev–Trinajstić information content (AvgIpc) is 2.23. The van der Waals surface area contributed by atoms with E-state index in [-0.39, 0.29) is 5.69 Å². The van der Waals surface area contributed by atoms with Crippen molar-refractivity contribution in [2.75, 3.05) is 12.4 Å². The molecule has 0 aliphatic heterocycles. The fraction of sp³-hybridized carbons (Fsp3) is 0.500. The third kappa shape index (κ3) is 2.27. The maximum Gasteiger partial charge on any atom is 0.287 e. The van der Waals surface area contributed by atoms with Crippen molar-refractivity contribution in [2.24, 2.45) is 0 Å². The minimum absolute atomic E-state index is 0.00827. The van der Waals surface area contributed by atoms with Crippen molar-refractivity contribution in [3.63, 3.8) is 0 Å². The number of aromatic nitrogens is 1. The first-order valence-corrected chi connectivity index (χ1v) is 5.09. The molecule has 0 atom stereocenters. The zero-order chi connectivity index (χ0) is 11.5. The van der Waals surface area contributed by atoms with Gasteiger partial charge in [0.1, 0.15) is 12.0 Å². The van der Waals surface area contributed by atoms with E-state index in [1.807, 2.05) is 0 Å². The van der Waals surface area contributed by atoms with Crippen molar-refractivity contribution in [1.29, 1.82) is 0 Å². The summed E-state index contributed by atoms with van der Waals surface area (Å²) in [7, 11) is 1.70. The largest absolute Gasteiger partial charge is 0.381 e.